The second-order valence-electron chi connectivity index (χ2n) is 6.84. The first-order valence-corrected chi connectivity index (χ1v) is 9.33. The van der Waals surface area contributed by atoms with Gasteiger partial charge in [0.15, 0.2) is 6.10 Å². The topological polar surface area (TPSA) is 83.6 Å². The van der Waals surface area contributed by atoms with E-state index in [4.69, 9.17) is 9.72 Å². The SMILES string of the molecule is CNC(=O)C(C)OC(=O)NCC1CCN(c2ccc3ccccc3n2)CC1. The maximum absolute atomic E-state index is 11.8. The number of para-hydroxylation sites is 1. The number of amides is 2. The first kappa shape index (κ1) is 18.9. The molecule has 7 heteroatoms. The van der Waals surface area contributed by atoms with Crippen LogP contribution in [-0.2, 0) is 9.53 Å². The Labute approximate surface area is 159 Å². The number of nitrogens with zero attached hydrogens (tertiary/aromatic N) is 2. The zero-order valence-electron chi connectivity index (χ0n) is 15.8. The number of hydrogen-bond acceptors (Lipinski definition) is 5. The molecule has 0 bridgehead atoms. The van der Waals surface area contributed by atoms with Crippen molar-refractivity contribution in [1.29, 1.82) is 0 Å². The molecule has 1 unspecified atom stereocenters. The summed E-state index contributed by atoms with van der Waals surface area (Å²) in [6, 6.07) is 12.3. The Morgan fingerprint density at radius 2 is 1.96 bits per heavy atom. The molecule has 7 nitrogen and oxygen atoms in total. The maximum Gasteiger partial charge on any atom is 0.407 e. The number of carbonyl (C=O) groups excluding carboxylic acids is 2. The van der Waals surface area contributed by atoms with Gasteiger partial charge in [-0.15, -0.1) is 0 Å². The number of ether oxygens (including phenoxy) is 1. The number of rotatable bonds is 5. The van der Waals surface area contributed by atoms with Gasteiger partial charge in [-0.3, -0.25) is 4.79 Å². The largest absolute Gasteiger partial charge is 0.436 e. The number of aromatic nitrogens is 1. The highest BCUT2D eigenvalue weighted by Crippen LogP contribution is 2.23. The van der Waals surface area contributed by atoms with Gasteiger partial charge in [0.25, 0.3) is 5.91 Å². The van der Waals surface area contributed by atoms with E-state index in [2.05, 4.69) is 33.7 Å². The van der Waals surface area contributed by atoms with Crippen molar-refractivity contribution in [2.45, 2.75) is 25.9 Å². The minimum absolute atomic E-state index is 0.318. The standard InChI is InChI=1S/C20H26N4O3/c1-14(19(25)21-2)27-20(26)22-13-15-9-11-24(12-10-15)18-8-7-16-5-3-4-6-17(16)23-18/h3-8,14-15H,9-13H2,1-2H3,(H,21,25)(H,22,26). The van der Waals surface area contributed by atoms with Gasteiger partial charge >= 0.3 is 6.09 Å². The minimum Gasteiger partial charge on any atom is -0.436 e. The molecule has 2 N–H and O–H groups in total. The zero-order valence-corrected chi connectivity index (χ0v) is 15.8. The van der Waals surface area contributed by atoms with Crippen LogP contribution < -0.4 is 15.5 Å². The summed E-state index contributed by atoms with van der Waals surface area (Å²) in [5, 5.41) is 6.36. The third-order valence-electron chi connectivity index (χ3n) is 4.96. The summed E-state index contributed by atoms with van der Waals surface area (Å²) in [5.41, 5.74) is 1.01. The van der Waals surface area contributed by atoms with Gasteiger partial charge in [-0.1, -0.05) is 18.2 Å². The summed E-state index contributed by atoms with van der Waals surface area (Å²) in [5.74, 6) is 1.07. The van der Waals surface area contributed by atoms with Crippen molar-refractivity contribution >= 4 is 28.7 Å². The predicted molar refractivity (Wildman–Crippen MR) is 105 cm³/mol. The van der Waals surface area contributed by atoms with Crippen LogP contribution in [0.3, 0.4) is 0 Å². The van der Waals surface area contributed by atoms with Gasteiger partial charge < -0.3 is 20.3 Å². The highest BCUT2D eigenvalue weighted by molar-refractivity contribution is 5.82. The van der Waals surface area contributed by atoms with Gasteiger partial charge in [-0.2, -0.15) is 0 Å². The Hall–Kier alpha value is -2.83. The highest BCUT2D eigenvalue weighted by Gasteiger charge is 2.22. The number of fused-ring (bicyclic) bond motifs is 1. The number of benzene rings is 1. The first-order chi connectivity index (χ1) is 13.1. The lowest BCUT2D eigenvalue weighted by Gasteiger charge is -2.33. The van der Waals surface area contributed by atoms with E-state index in [-0.39, 0.29) is 5.91 Å². The van der Waals surface area contributed by atoms with Crippen molar-refractivity contribution in [2.24, 2.45) is 5.92 Å². The quantitative estimate of drug-likeness (QED) is 0.844. The molecule has 2 heterocycles. The summed E-state index contributed by atoms with van der Waals surface area (Å²) in [7, 11) is 1.51. The van der Waals surface area contributed by atoms with Crippen molar-refractivity contribution in [1.82, 2.24) is 15.6 Å². The summed E-state index contributed by atoms with van der Waals surface area (Å²) in [4.78, 5) is 30.2. The molecule has 1 fully saturated rings. The third kappa shape index (κ3) is 4.87. The Morgan fingerprint density at radius 1 is 1.22 bits per heavy atom. The second-order valence-corrected chi connectivity index (χ2v) is 6.84. The fraction of sp³-hybridized carbons (Fsp3) is 0.450. The van der Waals surface area contributed by atoms with Crippen LogP contribution in [0.15, 0.2) is 36.4 Å². The van der Waals surface area contributed by atoms with E-state index in [1.165, 1.54) is 7.05 Å². The number of alkyl carbamates (subject to hydrolysis) is 1. The third-order valence-corrected chi connectivity index (χ3v) is 4.96. The number of likely N-dealkylation sites (N-methyl/N-ethyl adjacent to an activating group) is 1. The number of hydrogen-bond donors (Lipinski definition) is 2. The molecule has 3 rings (SSSR count). The van der Waals surface area contributed by atoms with Crippen LogP contribution in [0, 0.1) is 5.92 Å². The van der Waals surface area contributed by atoms with E-state index in [1.54, 1.807) is 6.92 Å². The number of nitrogens with one attached hydrogen (secondary N) is 2. The van der Waals surface area contributed by atoms with Crippen LogP contribution in [0.5, 0.6) is 0 Å². The lowest BCUT2D eigenvalue weighted by Crippen LogP contribution is -2.41. The normalized spacial score (nSPS) is 16.0. The lowest BCUT2D eigenvalue weighted by atomic mass is 9.97. The van der Waals surface area contributed by atoms with Crippen LogP contribution in [0.2, 0.25) is 0 Å². The Morgan fingerprint density at radius 3 is 2.70 bits per heavy atom. The molecule has 0 aliphatic carbocycles. The summed E-state index contributed by atoms with van der Waals surface area (Å²) < 4.78 is 5.04. The summed E-state index contributed by atoms with van der Waals surface area (Å²) in [6.45, 7) is 3.91. The lowest BCUT2D eigenvalue weighted by molar-refractivity contribution is -0.128. The van der Waals surface area contributed by atoms with Crippen molar-refractivity contribution < 1.29 is 14.3 Å². The van der Waals surface area contributed by atoms with Crippen LogP contribution in [-0.4, -0.2) is 49.8 Å². The molecule has 2 amide bonds. The molecule has 0 spiro atoms. The molecule has 1 aromatic heterocycles. The van der Waals surface area contributed by atoms with Crippen molar-refractivity contribution in [3.05, 3.63) is 36.4 Å². The molecule has 1 atom stereocenters. The molecule has 27 heavy (non-hydrogen) atoms. The number of carbonyl (C=O) groups is 2. The average molecular weight is 370 g/mol. The summed E-state index contributed by atoms with van der Waals surface area (Å²) in [6.07, 6.45) is 0.597. The van der Waals surface area contributed by atoms with E-state index < -0.39 is 12.2 Å². The van der Waals surface area contributed by atoms with E-state index in [0.717, 1.165) is 42.7 Å². The Balaban J connectivity index is 1.46. The number of anilines is 1. The van der Waals surface area contributed by atoms with Gasteiger partial charge in [0.2, 0.25) is 0 Å². The van der Waals surface area contributed by atoms with E-state index in [1.807, 2.05) is 18.2 Å². The van der Waals surface area contributed by atoms with Crippen LogP contribution in [0.25, 0.3) is 10.9 Å². The molecule has 2 aromatic rings. The second kappa shape index (κ2) is 8.70. The smallest absolute Gasteiger partial charge is 0.407 e. The highest BCUT2D eigenvalue weighted by atomic mass is 16.6. The molecule has 1 aliphatic heterocycles. The van der Waals surface area contributed by atoms with Crippen molar-refractivity contribution in [3.63, 3.8) is 0 Å². The Bertz CT molecular complexity index is 803. The molecular formula is C20H26N4O3. The van der Waals surface area contributed by atoms with Gasteiger partial charge in [-0.05, 0) is 43.9 Å². The van der Waals surface area contributed by atoms with Crippen molar-refractivity contribution in [3.8, 4) is 0 Å². The van der Waals surface area contributed by atoms with E-state index >= 15 is 0 Å². The summed E-state index contributed by atoms with van der Waals surface area (Å²) >= 11 is 0. The molecule has 144 valence electrons. The van der Waals surface area contributed by atoms with Gasteiger partial charge in [0, 0.05) is 32.1 Å². The first-order valence-electron chi connectivity index (χ1n) is 9.33. The van der Waals surface area contributed by atoms with Crippen LogP contribution in [0.4, 0.5) is 10.6 Å². The van der Waals surface area contributed by atoms with E-state index in [0.29, 0.717) is 12.5 Å². The van der Waals surface area contributed by atoms with Gasteiger partial charge in [0.1, 0.15) is 5.82 Å². The van der Waals surface area contributed by atoms with Crippen molar-refractivity contribution in [2.75, 3.05) is 31.6 Å². The fourth-order valence-corrected chi connectivity index (χ4v) is 3.28. The van der Waals surface area contributed by atoms with Crippen LogP contribution >= 0.6 is 0 Å². The minimum atomic E-state index is -0.796. The molecule has 0 radical (unpaired) electrons. The maximum atomic E-state index is 11.8. The Kier molecular flexibility index (Phi) is 6.11. The average Bonchev–Trinajstić information content (AvgIpc) is 2.71. The molecule has 1 aliphatic rings. The molecule has 0 saturated carbocycles. The van der Waals surface area contributed by atoms with Gasteiger partial charge in [0.05, 0.1) is 5.52 Å². The fourth-order valence-electron chi connectivity index (χ4n) is 3.28. The number of pyridine rings is 1. The zero-order chi connectivity index (χ0) is 19.2. The number of piperidine rings is 1. The predicted octanol–water partition coefficient (Wildman–Crippen LogP) is 2.31. The van der Waals surface area contributed by atoms with E-state index in [9.17, 15) is 9.59 Å². The molecule has 1 saturated heterocycles. The monoisotopic (exact) mass is 370 g/mol. The molecule has 1 aromatic carbocycles. The molecular weight excluding hydrogens is 344 g/mol. The van der Waals surface area contributed by atoms with Crippen LogP contribution in [0.1, 0.15) is 19.8 Å². The van der Waals surface area contributed by atoms with Gasteiger partial charge in [-0.25, -0.2) is 9.78 Å².